The molecule has 1 aromatic rings. The van der Waals surface area contributed by atoms with E-state index >= 15 is 0 Å². The van der Waals surface area contributed by atoms with E-state index in [-0.39, 0.29) is 11.9 Å². The van der Waals surface area contributed by atoms with E-state index in [0.717, 1.165) is 36.1 Å². The molecule has 1 aliphatic rings. The zero-order valence-corrected chi connectivity index (χ0v) is 14.2. The van der Waals surface area contributed by atoms with Gasteiger partial charge in [-0.3, -0.25) is 11.3 Å². The number of benzene rings is 1. The number of hydrogen-bond donors (Lipinski definition) is 2. The van der Waals surface area contributed by atoms with Gasteiger partial charge in [-0.15, -0.1) is 0 Å². The maximum Gasteiger partial charge on any atom is 0.124 e. The molecule has 1 aromatic carbocycles. The number of hydrazine groups is 1. The van der Waals surface area contributed by atoms with Crippen LogP contribution < -0.4 is 11.3 Å². The number of nitrogens with two attached hydrogens (primary N) is 1. The maximum absolute atomic E-state index is 13.5. The fourth-order valence-electron chi connectivity index (χ4n) is 3.03. The largest absolute Gasteiger partial charge is 0.305 e. The molecule has 0 bridgehead atoms. The van der Waals surface area contributed by atoms with Gasteiger partial charge in [0, 0.05) is 23.1 Å². The number of nitrogens with zero attached hydrogens (tertiary/aromatic N) is 2. The smallest absolute Gasteiger partial charge is 0.124 e. The van der Waals surface area contributed by atoms with E-state index in [9.17, 15) is 4.39 Å². The summed E-state index contributed by atoms with van der Waals surface area (Å²) in [5, 5.41) is 0. The lowest BCUT2D eigenvalue weighted by molar-refractivity contribution is 0.177. The van der Waals surface area contributed by atoms with E-state index < -0.39 is 0 Å². The summed E-state index contributed by atoms with van der Waals surface area (Å²) in [7, 11) is 4.27. The van der Waals surface area contributed by atoms with Gasteiger partial charge in [0.15, 0.2) is 0 Å². The van der Waals surface area contributed by atoms with Crippen molar-refractivity contribution in [2.45, 2.75) is 24.9 Å². The Hall–Kier alpha value is -0.530. The average Bonchev–Trinajstić information content (AvgIpc) is 2.57. The van der Waals surface area contributed by atoms with Crippen molar-refractivity contribution in [3.05, 3.63) is 34.1 Å². The molecule has 4 nitrogen and oxygen atoms in total. The van der Waals surface area contributed by atoms with Gasteiger partial charge in [0.05, 0.1) is 0 Å². The lowest BCUT2D eigenvalue weighted by Crippen LogP contribution is -2.55. The molecule has 0 amide bonds. The van der Waals surface area contributed by atoms with Gasteiger partial charge in [-0.2, -0.15) is 0 Å². The predicted molar refractivity (Wildman–Crippen MR) is 87.4 cm³/mol. The topological polar surface area (TPSA) is 44.5 Å². The minimum absolute atomic E-state index is 0.0873. The van der Waals surface area contributed by atoms with E-state index in [2.05, 4.69) is 45.3 Å². The van der Waals surface area contributed by atoms with Gasteiger partial charge in [0.25, 0.3) is 0 Å². The van der Waals surface area contributed by atoms with E-state index in [1.165, 1.54) is 6.07 Å². The summed E-state index contributed by atoms with van der Waals surface area (Å²) in [6.45, 7) is 3.12. The van der Waals surface area contributed by atoms with Crippen molar-refractivity contribution >= 4 is 15.9 Å². The average molecular weight is 359 g/mol. The van der Waals surface area contributed by atoms with Crippen LogP contribution in [0.25, 0.3) is 0 Å². The van der Waals surface area contributed by atoms with Crippen LogP contribution in [-0.4, -0.2) is 55.6 Å². The summed E-state index contributed by atoms with van der Waals surface area (Å²) in [6.07, 6.45) is 1.86. The number of hydrogen-bond acceptors (Lipinski definition) is 4. The third kappa shape index (κ3) is 4.72. The minimum atomic E-state index is -0.221. The van der Waals surface area contributed by atoms with Crippen molar-refractivity contribution < 1.29 is 4.39 Å². The first kappa shape index (κ1) is 16.8. The summed E-state index contributed by atoms with van der Waals surface area (Å²) < 4.78 is 14.3. The van der Waals surface area contributed by atoms with Crippen molar-refractivity contribution in [3.8, 4) is 0 Å². The molecule has 2 rings (SSSR count). The Kier molecular flexibility index (Phi) is 6.13. The van der Waals surface area contributed by atoms with E-state index in [4.69, 9.17) is 5.84 Å². The van der Waals surface area contributed by atoms with Crippen LogP contribution in [0.2, 0.25) is 0 Å². The van der Waals surface area contributed by atoms with Gasteiger partial charge in [0.1, 0.15) is 5.82 Å². The number of halogens is 2. The molecule has 0 radical (unpaired) electrons. The van der Waals surface area contributed by atoms with Crippen LogP contribution >= 0.6 is 15.9 Å². The van der Waals surface area contributed by atoms with Gasteiger partial charge < -0.3 is 9.80 Å². The number of likely N-dealkylation sites (N-methyl/N-ethyl adjacent to an activating group) is 2. The molecule has 0 saturated carbocycles. The van der Waals surface area contributed by atoms with Crippen molar-refractivity contribution in [3.63, 3.8) is 0 Å². The van der Waals surface area contributed by atoms with Crippen LogP contribution in [0.3, 0.4) is 0 Å². The number of nitrogens with one attached hydrogen (secondary N) is 1. The zero-order valence-electron chi connectivity index (χ0n) is 12.6. The van der Waals surface area contributed by atoms with Gasteiger partial charge >= 0.3 is 0 Å². The number of rotatable bonds is 4. The third-order valence-corrected chi connectivity index (χ3v) is 4.63. The Morgan fingerprint density at radius 1 is 1.38 bits per heavy atom. The monoisotopic (exact) mass is 358 g/mol. The van der Waals surface area contributed by atoms with Crippen molar-refractivity contribution in [1.82, 2.24) is 15.2 Å². The lowest BCUT2D eigenvalue weighted by Gasteiger charge is -2.34. The summed E-state index contributed by atoms with van der Waals surface area (Å²) in [5.74, 6) is 5.56. The molecule has 1 aliphatic heterocycles. The molecule has 0 spiro atoms. The molecule has 3 N–H and O–H groups in total. The third-order valence-electron chi connectivity index (χ3n) is 4.17. The summed E-state index contributed by atoms with van der Waals surface area (Å²) in [6, 6.07) is 5.40. The molecule has 1 saturated heterocycles. The first-order valence-electron chi connectivity index (χ1n) is 7.29. The van der Waals surface area contributed by atoms with Gasteiger partial charge in [-0.05, 0) is 63.8 Å². The van der Waals surface area contributed by atoms with Gasteiger partial charge in [-0.25, -0.2) is 4.39 Å². The Morgan fingerprint density at radius 2 is 2.14 bits per heavy atom. The molecule has 2 atom stereocenters. The standard InChI is InChI=1S/C15H24BrFN4/c1-20-4-3-5-21(2)15(10-20)14(19-18)8-11-6-12(16)9-13(17)7-11/h6-7,9,14-15,19H,3-5,8,10,18H2,1-2H3. The van der Waals surface area contributed by atoms with Crippen LogP contribution in [0, 0.1) is 5.82 Å². The highest BCUT2D eigenvalue weighted by atomic mass is 79.9. The highest BCUT2D eigenvalue weighted by molar-refractivity contribution is 9.10. The first-order valence-corrected chi connectivity index (χ1v) is 8.09. The molecule has 1 fully saturated rings. The first-order chi connectivity index (χ1) is 9.99. The van der Waals surface area contributed by atoms with Crippen molar-refractivity contribution in [1.29, 1.82) is 0 Å². The second-order valence-electron chi connectivity index (χ2n) is 5.92. The van der Waals surface area contributed by atoms with Crippen LogP contribution in [0.1, 0.15) is 12.0 Å². The molecule has 6 heteroatoms. The summed E-state index contributed by atoms with van der Waals surface area (Å²) in [5.41, 5.74) is 3.88. The van der Waals surface area contributed by atoms with Crippen LogP contribution in [-0.2, 0) is 6.42 Å². The summed E-state index contributed by atoms with van der Waals surface area (Å²) >= 11 is 3.34. The fourth-order valence-corrected chi connectivity index (χ4v) is 3.54. The lowest BCUT2D eigenvalue weighted by atomic mass is 9.98. The Labute approximate surface area is 134 Å². The Balaban J connectivity index is 2.13. The highest BCUT2D eigenvalue weighted by Crippen LogP contribution is 2.19. The van der Waals surface area contributed by atoms with Gasteiger partial charge in [-0.1, -0.05) is 15.9 Å². The Bertz CT molecular complexity index is 451. The molecular weight excluding hydrogens is 335 g/mol. The molecular formula is C15H24BrFN4. The quantitative estimate of drug-likeness (QED) is 0.633. The molecule has 0 aliphatic carbocycles. The molecule has 1 heterocycles. The molecule has 118 valence electrons. The van der Waals surface area contributed by atoms with Gasteiger partial charge in [0.2, 0.25) is 0 Å². The second-order valence-corrected chi connectivity index (χ2v) is 6.83. The fraction of sp³-hybridized carbons (Fsp3) is 0.600. The predicted octanol–water partition coefficient (Wildman–Crippen LogP) is 1.60. The van der Waals surface area contributed by atoms with E-state index in [1.807, 2.05) is 6.07 Å². The van der Waals surface area contributed by atoms with E-state index in [0.29, 0.717) is 12.5 Å². The molecule has 21 heavy (non-hydrogen) atoms. The SMILES string of the molecule is CN1CCCN(C)C(C(Cc2cc(F)cc(Br)c2)NN)C1. The van der Waals surface area contributed by atoms with Crippen molar-refractivity contribution in [2.75, 3.05) is 33.7 Å². The molecule has 2 unspecified atom stereocenters. The second kappa shape index (κ2) is 7.65. The summed E-state index contributed by atoms with van der Waals surface area (Å²) in [4.78, 5) is 4.68. The van der Waals surface area contributed by atoms with Crippen LogP contribution in [0.4, 0.5) is 4.39 Å². The highest BCUT2D eigenvalue weighted by Gasteiger charge is 2.28. The van der Waals surface area contributed by atoms with Crippen LogP contribution in [0.15, 0.2) is 22.7 Å². The normalized spacial score (nSPS) is 23.0. The van der Waals surface area contributed by atoms with E-state index in [1.54, 1.807) is 6.07 Å². The maximum atomic E-state index is 13.5. The minimum Gasteiger partial charge on any atom is -0.305 e. The Morgan fingerprint density at radius 3 is 2.81 bits per heavy atom. The van der Waals surface area contributed by atoms with Crippen LogP contribution in [0.5, 0.6) is 0 Å². The van der Waals surface area contributed by atoms with Crippen molar-refractivity contribution in [2.24, 2.45) is 5.84 Å². The zero-order chi connectivity index (χ0) is 15.4. The molecule has 0 aromatic heterocycles.